The van der Waals surface area contributed by atoms with Crippen LogP contribution in [-0.4, -0.2) is 42.3 Å². The van der Waals surface area contributed by atoms with E-state index in [0.29, 0.717) is 0 Å². The molecule has 1 saturated carbocycles. The standard InChI is InChI=1S/C15H28N2O2/c1-15(2,3)19-14(18)16-13-8-9-17(11-13)10-12-6-4-5-7-12/h12-13H,4-11H2,1-3H3,(H,16,18)/t13-/m1/s1. The van der Waals surface area contributed by atoms with Crippen molar-refractivity contribution in [3.8, 4) is 0 Å². The molecule has 4 heteroatoms. The summed E-state index contributed by atoms with van der Waals surface area (Å²) in [5.41, 5.74) is -0.410. The first-order valence-electron chi connectivity index (χ1n) is 7.64. The van der Waals surface area contributed by atoms with E-state index in [2.05, 4.69) is 10.2 Å². The number of likely N-dealkylation sites (tertiary alicyclic amines) is 1. The highest BCUT2D eigenvalue weighted by Gasteiger charge is 2.28. The highest BCUT2D eigenvalue weighted by molar-refractivity contribution is 5.68. The summed E-state index contributed by atoms with van der Waals surface area (Å²) < 4.78 is 5.30. The first kappa shape index (κ1) is 14.6. The maximum Gasteiger partial charge on any atom is 0.407 e. The minimum absolute atomic E-state index is 0.260. The molecule has 2 rings (SSSR count). The Morgan fingerprint density at radius 2 is 1.95 bits per heavy atom. The second-order valence-corrected chi connectivity index (χ2v) is 7.04. The number of ether oxygens (including phenoxy) is 1. The fourth-order valence-corrected chi connectivity index (χ4v) is 3.15. The lowest BCUT2D eigenvalue weighted by Crippen LogP contribution is -2.40. The minimum atomic E-state index is -0.410. The zero-order valence-corrected chi connectivity index (χ0v) is 12.6. The van der Waals surface area contributed by atoms with Crippen molar-refractivity contribution in [3.05, 3.63) is 0 Å². The van der Waals surface area contributed by atoms with Gasteiger partial charge in [0.05, 0.1) is 0 Å². The summed E-state index contributed by atoms with van der Waals surface area (Å²) in [5.74, 6) is 0.889. The lowest BCUT2D eigenvalue weighted by molar-refractivity contribution is 0.0505. The van der Waals surface area contributed by atoms with E-state index in [1.807, 2.05) is 20.8 Å². The molecular formula is C15H28N2O2. The van der Waals surface area contributed by atoms with Gasteiger partial charge in [-0.05, 0) is 46.0 Å². The topological polar surface area (TPSA) is 41.6 Å². The van der Waals surface area contributed by atoms with Crippen LogP contribution >= 0.6 is 0 Å². The van der Waals surface area contributed by atoms with E-state index >= 15 is 0 Å². The maximum atomic E-state index is 11.7. The predicted octanol–water partition coefficient (Wildman–Crippen LogP) is 2.78. The van der Waals surface area contributed by atoms with E-state index in [0.717, 1.165) is 25.4 Å². The summed E-state index contributed by atoms with van der Waals surface area (Å²) in [4.78, 5) is 14.2. The Hall–Kier alpha value is -0.770. The molecule has 0 unspecified atom stereocenters. The summed E-state index contributed by atoms with van der Waals surface area (Å²) in [6.07, 6.45) is 6.35. The molecule has 1 aliphatic heterocycles. The zero-order chi connectivity index (χ0) is 13.9. The van der Waals surface area contributed by atoms with Crippen LogP contribution in [0.3, 0.4) is 0 Å². The largest absolute Gasteiger partial charge is 0.444 e. The first-order valence-corrected chi connectivity index (χ1v) is 7.64. The van der Waals surface area contributed by atoms with Gasteiger partial charge in [0.2, 0.25) is 0 Å². The molecule has 1 N–H and O–H groups in total. The molecule has 4 nitrogen and oxygen atoms in total. The van der Waals surface area contributed by atoms with Gasteiger partial charge < -0.3 is 15.0 Å². The van der Waals surface area contributed by atoms with Gasteiger partial charge in [0.1, 0.15) is 5.60 Å². The van der Waals surface area contributed by atoms with E-state index in [-0.39, 0.29) is 12.1 Å². The van der Waals surface area contributed by atoms with Crippen molar-refractivity contribution in [3.63, 3.8) is 0 Å². The second-order valence-electron chi connectivity index (χ2n) is 7.04. The molecule has 0 aromatic carbocycles. The molecule has 0 aromatic rings. The molecule has 2 aliphatic rings. The molecule has 1 saturated heterocycles. The fourth-order valence-electron chi connectivity index (χ4n) is 3.15. The SMILES string of the molecule is CC(C)(C)OC(=O)N[C@@H]1CCN(CC2CCCC2)C1. The van der Waals surface area contributed by atoms with Crippen molar-refractivity contribution in [2.45, 2.75) is 64.5 Å². The van der Waals surface area contributed by atoms with Gasteiger partial charge in [-0.3, -0.25) is 0 Å². The van der Waals surface area contributed by atoms with Gasteiger partial charge in [0, 0.05) is 25.7 Å². The van der Waals surface area contributed by atoms with Crippen LogP contribution in [-0.2, 0) is 4.74 Å². The number of hydrogen-bond acceptors (Lipinski definition) is 3. The lowest BCUT2D eigenvalue weighted by atomic mass is 10.1. The summed E-state index contributed by atoms with van der Waals surface area (Å²) in [6, 6.07) is 0.260. The highest BCUT2D eigenvalue weighted by atomic mass is 16.6. The van der Waals surface area contributed by atoms with Gasteiger partial charge in [0.15, 0.2) is 0 Å². The Bertz CT molecular complexity index is 306. The Labute approximate surface area is 116 Å². The molecule has 0 bridgehead atoms. The third-order valence-electron chi connectivity index (χ3n) is 3.98. The highest BCUT2D eigenvalue weighted by Crippen LogP contribution is 2.26. The molecule has 0 aromatic heterocycles. The number of carbonyl (C=O) groups excluding carboxylic acids is 1. The summed E-state index contributed by atoms with van der Waals surface area (Å²) in [6.45, 7) is 8.99. The number of rotatable bonds is 3. The van der Waals surface area contributed by atoms with Crippen molar-refractivity contribution < 1.29 is 9.53 Å². The van der Waals surface area contributed by atoms with Crippen LogP contribution in [0.1, 0.15) is 52.9 Å². The normalized spacial score (nSPS) is 25.7. The summed E-state index contributed by atoms with van der Waals surface area (Å²) >= 11 is 0. The molecule has 2 fully saturated rings. The molecule has 19 heavy (non-hydrogen) atoms. The van der Waals surface area contributed by atoms with Gasteiger partial charge in [0.25, 0.3) is 0 Å². The Balaban J connectivity index is 1.68. The number of alkyl carbamates (subject to hydrolysis) is 1. The van der Waals surface area contributed by atoms with Crippen LogP contribution in [0.25, 0.3) is 0 Å². The Morgan fingerprint density at radius 3 is 2.58 bits per heavy atom. The van der Waals surface area contributed by atoms with Gasteiger partial charge in [-0.25, -0.2) is 4.79 Å². The lowest BCUT2D eigenvalue weighted by Gasteiger charge is -2.22. The van der Waals surface area contributed by atoms with Crippen molar-refractivity contribution in [1.29, 1.82) is 0 Å². The number of hydrogen-bond donors (Lipinski definition) is 1. The van der Waals surface area contributed by atoms with E-state index in [9.17, 15) is 4.79 Å². The van der Waals surface area contributed by atoms with Crippen LogP contribution in [0.15, 0.2) is 0 Å². The van der Waals surface area contributed by atoms with Crippen molar-refractivity contribution in [2.75, 3.05) is 19.6 Å². The van der Waals surface area contributed by atoms with Crippen LogP contribution in [0, 0.1) is 5.92 Å². The molecule has 0 radical (unpaired) electrons. The van der Waals surface area contributed by atoms with Crippen molar-refractivity contribution >= 4 is 6.09 Å². The summed E-state index contributed by atoms with van der Waals surface area (Å²) in [7, 11) is 0. The third-order valence-corrected chi connectivity index (χ3v) is 3.98. The molecule has 1 atom stereocenters. The van der Waals surface area contributed by atoms with Crippen LogP contribution < -0.4 is 5.32 Å². The number of carbonyl (C=O) groups is 1. The molecule has 0 spiro atoms. The zero-order valence-electron chi connectivity index (χ0n) is 12.6. The quantitative estimate of drug-likeness (QED) is 0.855. The van der Waals surface area contributed by atoms with E-state index < -0.39 is 5.60 Å². The average Bonchev–Trinajstić information content (AvgIpc) is 2.88. The van der Waals surface area contributed by atoms with E-state index in [4.69, 9.17) is 4.74 Å². The maximum absolute atomic E-state index is 11.7. The minimum Gasteiger partial charge on any atom is -0.444 e. The Morgan fingerprint density at radius 1 is 1.26 bits per heavy atom. The smallest absolute Gasteiger partial charge is 0.407 e. The second kappa shape index (κ2) is 6.12. The van der Waals surface area contributed by atoms with Crippen LogP contribution in [0.2, 0.25) is 0 Å². The third kappa shape index (κ3) is 5.01. The van der Waals surface area contributed by atoms with Gasteiger partial charge >= 0.3 is 6.09 Å². The van der Waals surface area contributed by atoms with Crippen LogP contribution in [0.4, 0.5) is 4.79 Å². The molecular weight excluding hydrogens is 240 g/mol. The molecule has 1 heterocycles. The van der Waals surface area contributed by atoms with Gasteiger partial charge in [-0.2, -0.15) is 0 Å². The Kier molecular flexibility index (Phi) is 4.71. The number of nitrogens with one attached hydrogen (secondary N) is 1. The summed E-state index contributed by atoms with van der Waals surface area (Å²) in [5, 5.41) is 2.99. The average molecular weight is 268 g/mol. The molecule has 1 amide bonds. The van der Waals surface area contributed by atoms with Gasteiger partial charge in [-0.15, -0.1) is 0 Å². The fraction of sp³-hybridized carbons (Fsp3) is 0.933. The number of amides is 1. The van der Waals surface area contributed by atoms with E-state index in [1.54, 1.807) is 0 Å². The first-order chi connectivity index (χ1) is 8.92. The molecule has 1 aliphatic carbocycles. The van der Waals surface area contributed by atoms with E-state index in [1.165, 1.54) is 32.2 Å². The van der Waals surface area contributed by atoms with Crippen molar-refractivity contribution in [2.24, 2.45) is 5.92 Å². The van der Waals surface area contributed by atoms with Crippen molar-refractivity contribution in [1.82, 2.24) is 10.2 Å². The molecule has 110 valence electrons. The monoisotopic (exact) mass is 268 g/mol. The van der Waals surface area contributed by atoms with Crippen LogP contribution in [0.5, 0.6) is 0 Å². The predicted molar refractivity (Wildman–Crippen MR) is 76.2 cm³/mol. The number of nitrogens with zero attached hydrogens (tertiary/aromatic N) is 1. The van der Waals surface area contributed by atoms with Gasteiger partial charge in [-0.1, -0.05) is 12.8 Å².